The molecule has 1 fully saturated rings. The molecule has 0 spiro atoms. The van der Waals surface area contributed by atoms with Gasteiger partial charge in [0.15, 0.2) is 0 Å². The third kappa shape index (κ3) is 2.14. The highest BCUT2D eigenvalue weighted by Crippen LogP contribution is 2.15. The van der Waals surface area contributed by atoms with Crippen LogP contribution in [-0.4, -0.2) is 29.2 Å². The van der Waals surface area contributed by atoms with Crippen LogP contribution in [0.2, 0.25) is 0 Å². The van der Waals surface area contributed by atoms with Gasteiger partial charge in [0.2, 0.25) is 0 Å². The standard InChI is InChI=1S/C12H16NO/c1-10-4-2-3-5-11(10)8-13-7-6-12(14)9-13/h2-5,12,14H,1,6-9H2/t12-/m0/s1. The van der Waals surface area contributed by atoms with Crippen molar-refractivity contribution in [2.24, 2.45) is 0 Å². The molecule has 1 N–H and O–H groups in total. The van der Waals surface area contributed by atoms with Crippen LogP contribution in [0, 0.1) is 6.92 Å². The molecule has 2 nitrogen and oxygen atoms in total. The Morgan fingerprint density at radius 3 is 2.86 bits per heavy atom. The van der Waals surface area contributed by atoms with E-state index in [2.05, 4.69) is 17.9 Å². The number of aliphatic hydroxyl groups excluding tert-OH is 1. The van der Waals surface area contributed by atoms with Crippen LogP contribution in [0.1, 0.15) is 17.5 Å². The van der Waals surface area contributed by atoms with E-state index in [4.69, 9.17) is 0 Å². The topological polar surface area (TPSA) is 23.5 Å². The van der Waals surface area contributed by atoms with Crippen molar-refractivity contribution in [3.8, 4) is 0 Å². The molecule has 1 radical (unpaired) electrons. The van der Waals surface area contributed by atoms with Crippen LogP contribution in [0.3, 0.4) is 0 Å². The van der Waals surface area contributed by atoms with Gasteiger partial charge in [-0.15, -0.1) is 0 Å². The Bertz CT molecular complexity index is 311. The number of aliphatic hydroxyl groups is 1. The summed E-state index contributed by atoms with van der Waals surface area (Å²) in [6.45, 7) is 6.70. The number of likely N-dealkylation sites (tertiary alicyclic amines) is 1. The molecular formula is C12H16NO. The average molecular weight is 190 g/mol. The Labute approximate surface area is 85.2 Å². The van der Waals surface area contributed by atoms with Gasteiger partial charge in [-0.2, -0.15) is 0 Å². The molecule has 0 saturated carbocycles. The van der Waals surface area contributed by atoms with E-state index in [9.17, 15) is 5.11 Å². The molecule has 2 rings (SSSR count). The first-order chi connectivity index (χ1) is 6.75. The van der Waals surface area contributed by atoms with Crippen LogP contribution >= 0.6 is 0 Å². The van der Waals surface area contributed by atoms with Crippen LogP contribution in [0.4, 0.5) is 0 Å². The number of hydrogen-bond donors (Lipinski definition) is 1. The monoisotopic (exact) mass is 190 g/mol. The molecule has 1 atom stereocenters. The van der Waals surface area contributed by atoms with E-state index in [1.54, 1.807) is 0 Å². The van der Waals surface area contributed by atoms with Crippen LogP contribution in [0.25, 0.3) is 0 Å². The first-order valence-corrected chi connectivity index (χ1v) is 5.06. The van der Waals surface area contributed by atoms with Gasteiger partial charge in [0.25, 0.3) is 0 Å². The van der Waals surface area contributed by atoms with Gasteiger partial charge in [-0.1, -0.05) is 24.3 Å². The summed E-state index contributed by atoms with van der Waals surface area (Å²) >= 11 is 0. The summed E-state index contributed by atoms with van der Waals surface area (Å²) < 4.78 is 0. The van der Waals surface area contributed by atoms with Crippen molar-refractivity contribution in [1.29, 1.82) is 0 Å². The number of benzene rings is 1. The second-order valence-electron chi connectivity index (χ2n) is 3.95. The number of rotatable bonds is 2. The summed E-state index contributed by atoms with van der Waals surface area (Å²) in [4.78, 5) is 2.27. The molecule has 1 aromatic carbocycles. The van der Waals surface area contributed by atoms with Gasteiger partial charge in [0, 0.05) is 19.6 Å². The Hall–Kier alpha value is -0.860. The van der Waals surface area contributed by atoms with Crippen molar-refractivity contribution in [1.82, 2.24) is 4.90 Å². The quantitative estimate of drug-likeness (QED) is 0.762. The summed E-state index contributed by atoms with van der Waals surface area (Å²) in [5.74, 6) is 0. The molecule has 14 heavy (non-hydrogen) atoms. The molecular weight excluding hydrogens is 174 g/mol. The first-order valence-electron chi connectivity index (χ1n) is 5.06. The molecule has 2 heteroatoms. The molecule has 1 heterocycles. The predicted molar refractivity (Wildman–Crippen MR) is 56.8 cm³/mol. The largest absolute Gasteiger partial charge is 0.392 e. The van der Waals surface area contributed by atoms with Gasteiger partial charge in [0.05, 0.1) is 6.10 Å². The Kier molecular flexibility index (Phi) is 2.85. The van der Waals surface area contributed by atoms with Crippen LogP contribution in [-0.2, 0) is 6.54 Å². The van der Waals surface area contributed by atoms with Gasteiger partial charge in [-0.3, -0.25) is 4.90 Å². The maximum atomic E-state index is 9.39. The third-order valence-electron chi connectivity index (χ3n) is 2.76. The lowest BCUT2D eigenvalue weighted by Gasteiger charge is -2.16. The Balaban J connectivity index is 2.01. The first kappa shape index (κ1) is 9.69. The fourth-order valence-corrected chi connectivity index (χ4v) is 1.91. The van der Waals surface area contributed by atoms with Crippen LogP contribution in [0.15, 0.2) is 24.3 Å². The van der Waals surface area contributed by atoms with Crippen molar-refractivity contribution in [3.63, 3.8) is 0 Å². The van der Waals surface area contributed by atoms with Gasteiger partial charge in [0.1, 0.15) is 0 Å². The molecule has 0 aliphatic carbocycles. The van der Waals surface area contributed by atoms with Crippen LogP contribution < -0.4 is 0 Å². The van der Waals surface area contributed by atoms with Crippen molar-refractivity contribution < 1.29 is 5.11 Å². The average Bonchev–Trinajstić information content (AvgIpc) is 2.56. The number of β-amino-alcohol motifs (C(OH)–C–C–N with tert-alkyl or cyclic N) is 1. The lowest BCUT2D eigenvalue weighted by atomic mass is 10.1. The van der Waals surface area contributed by atoms with E-state index in [0.29, 0.717) is 0 Å². The summed E-state index contributed by atoms with van der Waals surface area (Å²) in [5, 5.41) is 9.39. The zero-order valence-electron chi connectivity index (χ0n) is 8.32. The highest BCUT2D eigenvalue weighted by Gasteiger charge is 2.20. The highest BCUT2D eigenvalue weighted by molar-refractivity contribution is 5.29. The normalized spacial score (nSPS) is 22.9. The molecule has 1 aliphatic rings. The van der Waals surface area contributed by atoms with E-state index in [1.807, 2.05) is 18.2 Å². The summed E-state index contributed by atoms with van der Waals surface area (Å²) in [6, 6.07) is 8.18. The SMILES string of the molecule is [CH2]c1ccccc1CN1CC[C@H](O)C1. The minimum atomic E-state index is -0.132. The second-order valence-corrected chi connectivity index (χ2v) is 3.95. The zero-order valence-corrected chi connectivity index (χ0v) is 8.32. The van der Waals surface area contributed by atoms with Gasteiger partial charge < -0.3 is 5.11 Å². The minimum Gasteiger partial charge on any atom is -0.392 e. The maximum Gasteiger partial charge on any atom is 0.0679 e. The molecule has 1 saturated heterocycles. The van der Waals surface area contributed by atoms with Gasteiger partial charge in [-0.05, 0) is 24.5 Å². The van der Waals surface area contributed by atoms with Crippen LogP contribution in [0.5, 0.6) is 0 Å². The van der Waals surface area contributed by atoms with Gasteiger partial charge >= 0.3 is 0 Å². The Morgan fingerprint density at radius 1 is 1.43 bits per heavy atom. The van der Waals surface area contributed by atoms with Crippen molar-refractivity contribution in [3.05, 3.63) is 42.3 Å². The van der Waals surface area contributed by atoms with E-state index in [-0.39, 0.29) is 6.10 Å². The molecule has 1 aromatic rings. The predicted octanol–water partition coefficient (Wildman–Crippen LogP) is 1.44. The Morgan fingerprint density at radius 2 is 2.21 bits per heavy atom. The maximum absolute atomic E-state index is 9.39. The fraction of sp³-hybridized carbons (Fsp3) is 0.417. The molecule has 0 unspecified atom stereocenters. The second kappa shape index (κ2) is 4.11. The fourth-order valence-electron chi connectivity index (χ4n) is 1.91. The molecule has 1 aliphatic heterocycles. The number of nitrogens with zero attached hydrogens (tertiary/aromatic N) is 1. The van der Waals surface area contributed by atoms with E-state index in [0.717, 1.165) is 31.6 Å². The molecule has 75 valence electrons. The zero-order chi connectivity index (χ0) is 9.97. The molecule has 0 amide bonds. The summed E-state index contributed by atoms with van der Waals surface area (Å²) in [6.07, 6.45) is 0.770. The van der Waals surface area contributed by atoms with Crippen molar-refractivity contribution in [2.45, 2.75) is 19.1 Å². The summed E-state index contributed by atoms with van der Waals surface area (Å²) in [7, 11) is 0. The van der Waals surface area contributed by atoms with E-state index >= 15 is 0 Å². The minimum absolute atomic E-state index is 0.132. The van der Waals surface area contributed by atoms with Crippen molar-refractivity contribution in [2.75, 3.05) is 13.1 Å². The highest BCUT2D eigenvalue weighted by atomic mass is 16.3. The van der Waals surface area contributed by atoms with Crippen molar-refractivity contribution >= 4 is 0 Å². The molecule has 0 aromatic heterocycles. The van der Waals surface area contributed by atoms with E-state index in [1.165, 1.54) is 5.56 Å². The van der Waals surface area contributed by atoms with E-state index < -0.39 is 0 Å². The number of hydrogen-bond acceptors (Lipinski definition) is 2. The lowest BCUT2D eigenvalue weighted by Crippen LogP contribution is -2.21. The lowest BCUT2D eigenvalue weighted by molar-refractivity contribution is 0.174. The smallest absolute Gasteiger partial charge is 0.0679 e. The molecule has 0 bridgehead atoms. The third-order valence-corrected chi connectivity index (χ3v) is 2.76. The summed E-state index contributed by atoms with van der Waals surface area (Å²) in [5.41, 5.74) is 2.36. The van der Waals surface area contributed by atoms with Gasteiger partial charge in [-0.25, -0.2) is 0 Å².